The number of piperazine rings is 1. The zero-order valence-corrected chi connectivity index (χ0v) is 16.8. The van der Waals surface area contributed by atoms with Crippen LogP contribution in [0, 0.1) is 12.7 Å². The Hall–Kier alpha value is -2.70. The Bertz CT molecular complexity index is 1010. The summed E-state index contributed by atoms with van der Waals surface area (Å²) in [5, 5.41) is 0.143. The van der Waals surface area contributed by atoms with E-state index in [2.05, 4.69) is 9.88 Å². The third-order valence-corrected chi connectivity index (χ3v) is 5.42. The van der Waals surface area contributed by atoms with Gasteiger partial charge in [-0.1, -0.05) is 29.8 Å². The lowest BCUT2D eigenvalue weighted by atomic mass is 10.1. The van der Waals surface area contributed by atoms with E-state index in [4.69, 9.17) is 16.0 Å². The first kappa shape index (κ1) is 19.6. The Balaban J connectivity index is 1.38. The second kappa shape index (κ2) is 8.35. The summed E-state index contributed by atoms with van der Waals surface area (Å²) < 4.78 is 19.1. The Morgan fingerprint density at radius 3 is 2.55 bits per heavy atom. The summed E-state index contributed by atoms with van der Waals surface area (Å²) >= 11 is 6.03. The topological polar surface area (TPSA) is 49.6 Å². The molecule has 5 nitrogen and oxygen atoms in total. The van der Waals surface area contributed by atoms with E-state index in [1.54, 1.807) is 4.90 Å². The molecule has 1 aromatic heterocycles. The highest BCUT2D eigenvalue weighted by Gasteiger charge is 2.25. The third kappa shape index (κ3) is 4.33. The van der Waals surface area contributed by atoms with Crippen LogP contribution in [0.15, 0.2) is 52.9 Å². The number of benzene rings is 2. The summed E-state index contributed by atoms with van der Waals surface area (Å²) in [7, 11) is 0. The largest absolute Gasteiger partial charge is 0.441 e. The fourth-order valence-corrected chi connectivity index (χ4v) is 3.68. The SMILES string of the molecule is Cc1oc(-c2ccccc2)nc1CN1CCN(C(=O)c2ccc(F)cc2Cl)CC1. The number of aromatic nitrogens is 1. The molecule has 0 N–H and O–H groups in total. The minimum Gasteiger partial charge on any atom is -0.441 e. The summed E-state index contributed by atoms with van der Waals surface area (Å²) in [5.41, 5.74) is 2.19. The maximum Gasteiger partial charge on any atom is 0.255 e. The summed E-state index contributed by atoms with van der Waals surface area (Å²) in [5.74, 6) is 0.811. The van der Waals surface area contributed by atoms with Gasteiger partial charge in [0.2, 0.25) is 5.89 Å². The maximum absolute atomic E-state index is 13.2. The monoisotopic (exact) mass is 413 g/mol. The molecule has 2 aromatic carbocycles. The molecule has 0 saturated carbocycles. The molecule has 0 unspecified atom stereocenters. The summed E-state index contributed by atoms with van der Waals surface area (Å²) in [4.78, 5) is 21.3. The molecule has 1 aliphatic heterocycles. The number of halogens is 2. The minimum absolute atomic E-state index is 0.143. The minimum atomic E-state index is -0.450. The van der Waals surface area contributed by atoms with Gasteiger partial charge in [-0.05, 0) is 37.3 Å². The van der Waals surface area contributed by atoms with Crippen LogP contribution in [0.25, 0.3) is 11.5 Å². The van der Waals surface area contributed by atoms with Crippen molar-refractivity contribution in [3.05, 3.63) is 76.4 Å². The van der Waals surface area contributed by atoms with Gasteiger partial charge in [-0.25, -0.2) is 9.37 Å². The number of carbonyl (C=O) groups is 1. The van der Waals surface area contributed by atoms with Crippen LogP contribution in [-0.2, 0) is 6.54 Å². The first-order valence-corrected chi connectivity index (χ1v) is 9.87. The van der Waals surface area contributed by atoms with Crippen molar-refractivity contribution in [2.24, 2.45) is 0 Å². The first-order valence-electron chi connectivity index (χ1n) is 9.49. The van der Waals surface area contributed by atoms with Crippen molar-refractivity contribution in [3.8, 4) is 11.5 Å². The average Bonchev–Trinajstić information content (AvgIpc) is 3.09. The molecular formula is C22H21ClFN3O2. The number of amides is 1. The van der Waals surface area contributed by atoms with Gasteiger partial charge >= 0.3 is 0 Å². The van der Waals surface area contributed by atoms with Crippen LogP contribution in [0.3, 0.4) is 0 Å². The zero-order valence-electron chi connectivity index (χ0n) is 16.1. The van der Waals surface area contributed by atoms with Gasteiger partial charge in [0.1, 0.15) is 11.6 Å². The van der Waals surface area contributed by atoms with E-state index < -0.39 is 5.82 Å². The summed E-state index contributed by atoms with van der Waals surface area (Å²) in [6, 6.07) is 13.7. The third-order valence-electron chi connectivity index (χ3n) is 5.11. The summed E-state index contributed by atoms with van der Waals surface area (Å²) in [6.45, 7) is 5.19. The van der Waals surface area contributed by atoms with Crippen LogP contribution in [0.2, 0.25) is 5.02 Å². The number of oxazole rings is 1. The molecular weight excluding hydrogens is 393 g/mol. The van der Waals surface area contributed by atoms with Crippen LogP contribution in [0.5, 0.6) is 0 Å². The molecule has 1 fully saturated rings. The molecule has 0 radical (unpaired) electrons. The van der Waals surface area contributed by atoms with Gasteiger partial charge in [-0.15, -0.1) is 0 Å². The van der Waals surface area contributed by atoms with Crippen LogP contribution in [-0.4, -0.2) is 46.9 Å². The molecule has 7 heteroatoms. The molecule has 3 aromatic rings. The standard InChI is InChI=1S/C22H21ClFN3O2/c1-15-20(25-21(29-15)16-5-3-2-4-6-16)14-26-9-11-27(12-10-26)22(28)18-8-7-17(24)13-19(18)23/h2-8,13H,9-12,14H2,1H3. The highest BCUT2D eigenvalue weighted by molar-refractivity contribution is 6.33. The van der Waals surface area contributed by atoms with E-state index in [1.165, 1.54) is 18.2 Å². The fourth-order valence-electron chi connectivity index (χ4n) is 3.43. The van der Waals surface area contributed by atoms with Crippen LogP contribution in [0.4, 0.5) is 4.39 Å². The van der Waals surface area contributed by atoms with Crippen molar-refractivity contribution in [3.63, 3.8) is 0 Å². The predicted octanol–water partition coefficient (Wildman–Crippen LogP) is 4.40. The molecule has 2 heterocycles. The normalized spacial score (nSPS) is 14.9. The molecule has 0 atom stereocenters. The number of aryl methyl sites for hydroxylation is 1. The lowest BCUT2D eigenvalue weighted by molar-refractivity contribution is 0.0626. The Labute approximate surface area is 173 Å². The van der Waals surface area contributed by atoms with E-state index in [0.717, 1.165) is 30.1 Å². The van der Waals surface area contributed by atoms with Crippen molar-refractivity contribution < 1.29 is 13.6 Å². The second-order valence-electron chi connectivity index (χ2n) is 7.08. The number of hydrogen-bond acceptors (Lipinski definition) is 4. The smallest absolute Gasteiger partial charge is 0.255 e. The Morgan fingerprint density at radius 2 is 1.86 bits per heavy atom. The van der Waals surface area contributed by atoms with Gasteiger partial charge in [-0.2, -0.15) is 0 Å². The predicted molar refractivity (Wildman–Crippen MR) is 109 cm³/mol. The van der Waals surface area contributed by atoms with Crippen molar-refractivity contribution >= 4 is 17.5 Å². The van der Waals surface area contributed by atoms with E-state index in [1.807, 2.05) is 37.3 Å². The van der Waals surface area contributed by atoms with Gasteiger partial charge in [0.15, 0.2) is 0 Å². The van der Waals surface area contributed by atoms with Gasteiger partial charge in [0.05, 0.1) is 16.3 Å². The van der Waals surface area contributed by atoms with Crippen molar-refractivity contribution in [2.45, 2.75) is 13.5 Å². The number of rotatable bonds is 4. The highest BCUT2D eigenvalue weighted by Crippen LogP contribution is 2.23. The van der Waals surface area contributed by atoms with E-state index in [0.29, 0.717) is 31.1 Å². The van der Waals surface area contributed by atoms with Crippen LogP contribution in [0.1, 0.15) is 21.8 Å². The molecule has 150 valence electrons. The summed E-state index contributed by atoms with van der Waals surface area (Å²) in [6.07, 6.45) is 0. The lowest BCUT2D eigenvalue weighted by Gasteiger charge is -2.34. The van der Waals surface area contributed by atoms with E-state index in [9.17, 15) is 9.18 Å². The molecule has 1 saturated heterocycles. The number of carbonyl (C=O) groups excluding carboxylic acids is 1. The first-order chi connectivity index (χ1) is 14.0. The zero-order chi connectivity index (χ0) is 20.4. The van der Waals surface area contributed by atoms with Crippen molar-refractivity contribution in [1.82, 2.24) is 14.8 Å². The average molecular weight is 414 g/mol. The second-order valence-corrected chi connectivity index (χ2v) is 7.49. The van der Waals surface area contributed by atoms with Crippen LogP contribution < -0.4 is 0 Å². The Kier molecular flexibility index (Phi) is 5.65. The van der Waals surface area contributed by atoms with E-state index in [-0.39, 0.29) is 10.9 Å². The van der Waals surface area contributed by atoms with E-state index >= 15 is 0 Å². The van der Waals surface area contributed by atoms with Gasteiger partial charge in [0, 0.05) is 38.3 Å². The molecule has 0 spiro atoms. The van der Waals surface area contributed by atoms with Crippen molar-refractivity contribution in [1.29, 1.82) is 0 Å². The fraction of sp³-hybridized carbons (Fsp3) is 0.273. The maximum atomic E-state index is 13.2. The molecule has 1 aliphatic rings. The molecule has 1 amide bonds. The molecule has 29 heavy (non-hydrogen) atoms. The number of hydrogen-bond donors (Lipinski definition) is 0. The number of nitrogens with zero attached hydrogens (tertiary/aromatic N) is 3. The molecule has 0 bridgehead atoms. The molecule has 0 aliphatic carbocycles. The van der Waals surface area contributed by atoms with Crippen molar-refractivity contribution in [2.75, 3.05) is 26.2 Å². The van der Waals surface area contributed by atoms with Gasteiger partial charge in [0.25, 0.3) is 5.91 Å². The molecule has 4 rings (SSSR count). The highest BCUT2D eigenvalue weighted by atomic mass is 35.5. The van der Waals surface area contributed by atoms with Gasteiger partial charge in [-0.3, -0.25) is 9.69 Å². The quantitative estimate of drug-likeness (QED) is 0.636. The van der Waals surface area contributed by atoms with Crippen LogP contribution >= 0.6 is 11.6 Å². The van der Waals surface area contributed by atoms with Gasteiger partial charge < -0.3 is 9.32 Å². The Morgan fingerprint density at radius 1 is 1.14 bits per heavy atom. The lowest BCUT2D eigenvalue weighted by Crippen LogP contribution is -2.48.